The zero-order valence-corrected chi connectivity index (χ0v) is 19.5. The molecule has 2 heterocycles. The largest absolute Gasteiger partial charge is 0.497 e. The first kappa shape index (κ1) is 24.0. The van der Waals surface area contributed by atoms with Crippen molar-refractivity contribution in [2.45, 2.75) is 27.3 Å². The van der Waals surface area contributed by atoms with Gasteiger partial charge < -0.3 is 15.2 Å². The SMILES string of the molecule is COCCN(C(=O)c1cc2cc(OC)ccc2nc1C)c1c(N)n(CC(C)C)c(=O)[nH]c1=O. The Labute approximate surface area is 190 Å². The molecular weight excluding hydrogens is 426 g/mol. The number of hydrogen-bond acceptors (Lipinski definition) is 7. The number of carbonyl (C=O) groups is 1. The van der Waals surface area contributed by atoms with Gasteiger partial charge in [0, 0.05) is 25.6 Å². The molecule has 1 aromatic carbocycles. The first-order valence-electron chi connectivity index (χ1n) is 10.6. The highest BCUT2D eigenvalue weighted by molar-refractivity contribution is 6.09. The molecule has 0 spiro atoms. The molecule has 10 nitrogen and oxygen atoms in total. The molecule has 0 saturated carbocycles. The zero-order chi connectivity index (χ0) is 24.3. The lowest BCUT2D eigenvalue weighted by molar-refractivity contribution is 0.0974. The van der Waals surface area contributed by atoms with Crippen LogP contribution in [0.15, 0.2) is 33.9 Å². The third kappa shape index (κ3) is 4.90. The molecule has 1 amide bonds. The number of rotatable bonds is 8. The Morgan fingerprint density at radius 3 is 2.61 bits per heavy atom. The van der Waals surface area contributed by atoms with E-state index >= 15 is 0 Å². The fraction of sp³-hybridized carbons (Fsp3) is 0.391. The molecule has 0 atom stereocenters. The number of hydrogen-bond donors (Lipinski definition) is 2. The van der Waals surface area contributed by atoms with Crippen LogP contribution < -0.4 is 26.6 Å². The monoisotopic (exact) mass is 455 g/mol. The summed E-state index contributed by atoms with van der Waals surface area (Å²) < 4.78 is 11.7. The van der Waals surface area contributed by atoms with Crippen LogP contribution in [0, 0.1) is 12.8 Å². The van der Waals surface area contributed by atoms with Crippen molar-refractivity contribution in [2.75, 3.05) is 38.0 Å². The minimum atomic E-state index is -0.741. The third-order valence-corrected chi connectivity index (χ3v) is 5.24. The normalized spacial score (nSPS) is 11.2. The number of fused-ring (bicyclic) bond motifs is 1. The van der Waals surface area contributed by atoms with Gasteiger partial charge in [0.25, 0.3) is 11.5 Å². The van der Waals surface area contributed by atoms with E-state index in [9.17, 15) is 14.4 Å². The number of amides is 1. The van der Waals surface area contributed by atoms with Gasteiger partial charge >= 0.3 is 5.69 Å². The van der Waals surface area contributed by atoms with Crippen molar-refractivity contribution in [1.82, 2.24) is 14.5 Å². The summed E-state index contributed by atoms with van der Waals surface area (Å²) in [4.78, 5) is 46.9. The van der Waals surface area contributed by atoms with E-state index in [1.165, 1.54) is 16.6 Å². The molecule has 0 aliphatic heterocycles. The minimum absolute atomic E-state index is 0.0537. The van der Waals surface area contributed by atoms with Gasteiger partial charge in [-0.2, -0.15) is 0 Å². The highest BCUT2D eigenvalue weighted by atomic mass is 16.5. The van der Waals surface area contributed by atoms with Crippen LogP contribution in [-0.2, 0) is 11.3 Å². The number of benzene rings is 1. The Hall–Kier alpha value is -3.66. The van der Waals surface area contributed by atoms with Gasteiger partial charge in [0.05, 0.1) is 30.5 Å². The van der Waals surface area contributed by atoms with Crippen molar-refractivity contribution in [3.05, 3.63) is 56.4 Å². The number of H-pyrrole nitrogens is 1. The van der Waals surface area contributed by atoms with E-state index in [2.05, 4.69) is 9.97 Å². The maximum atomic E-state index is 13.7. The standard InChI is InChI=1S/C23H29N5O5/c1-13(2)12-28-20(24)19(21(29)26-23(28)31)27(8-9-32-4)22(30)17-11-15-10-16(33-5)6-7-18(15)25-14(17)3/h6-7,10-11,13H,8-9,12,24H2,1-5H3,(H,26,29,31). The van der Waals surface area contributed by atoms with Gasteiger partial charge in [-0.1, -0.05) is 13.8 Å². The quantitative estimate of drug-likeness (QED) is 0.530. The van der Waals surface area contributed by atoms with Crippen LogP contribution in [0.2, 0.25) is 0 Å². The number of nitrogens with zero attached hydrogens (tertiary/aromatic N) is 3. The molecule has 3 N–H and O–H groups in total. The Balaban J connectivity index is 2.18. The number of aromatic amines is 1. The van der Waals surface area contributed by atoms with Gasteiger partial charge in [-0.05, 0) is 37.1 Å². The molecule has 0 saturated heterocycles. The van der Waals surface area contributed by atoms with Gasteiger partial charge in [0.2, 0.25) is 0 Å². The van der Waals surface area contributed by atoms with Crippen LogP contribution in [0.3, 0.4) is 0 Å². The number of aromatic nitrogens is 3. The van der Waals surface area contributed by atoms with E-state index in [0.717, 1.165) is 0 Å². The summed E-state index contributed by atoms with van der Waals surface area (Å²) >= 11 is 0. The van der Waals surface area contributed by atoms with Crippen molar-refractivity contribution in [2.24, 2.45) is 5.92 Å². The molecule has 3 rings (SSSR count). The summed E-state index contributed by atoms with van der Waals surface area (Å²) in [5, 5.41) is 0.710. The number of methoxy groups -OCH3 is 2. The van der Waals surface area contributed by atoms with Crippen molar-refractivity contribution in [3.63, 3.8) is 0 Å². The molecule has 10 heteroatoms. The lowest BCUT2D eigenvalue weighted by Gasteiger charge is -2.25. The molecule has 0 radical (unpaired) electrons. The van der Waals surface area contributed by atoms with Crippen LogP contribution in [0.25, 0.3) is 10.9 Å². The van der Waals surface area contributed by atoms with Gasteiger partial charge in [-0.25, -0.2) is 4.79 Å². The van der Waals surface area contributed by atoms with E-state index in [1.54, 1.807) is 32.2 Å². The first-order valence-corrected chi connectivity index (χ1v) is 10.6. The smallest absolute Gasteiger partial charge is 0.330 e. The second kappa shape index (κ2) is 9.86. The number of nitrogen functional groups attached to an aromatic ring is 1. The molecule has 3 aromatic rings. The number of carbonyl (C=O) groups excluding carboxylic acids is 1. The van der Waals surface area contributed by atoms with E-state index in [0.29, 0.717) is 27.9 Å². The molecule has 0 aliphatic carbocycles. The summed E-state index contributed by atoms with van der Waals surface area (Å²) in [7, 11) is 3.05. The van der Waals surface area contributed by atoms with Gasteiger partial charge in [0.15, 0.2) is 5.69 Å². The lowest BCUT2D eigenvalue weighted by atomic mass is 10.1. The summed E-state index contributed by atoms with van der Waals surface area (Å²) in [6.07, 6.45) is 0. The molecule has 2 aromatic heterocycles. The Kier molecular flexibility index (Phi) is 7.17. The van der Waals surface area contributed by atoms with Crippen molar-refractivity contribution < 1.29 is 14.3 Å². The van der Waals surface area contributed by atoms with Crippen LogP contribution in [-0.4, -0.2) is 47.8 Å². The van der Waals surface area contributed by atoms with Crippen LogP contribution in [0.5, 0.6) is 5.75 Å². The second-order valence-corrected chi connectivity index (χ2v) is 8.13. The fourth-order valence-electron chi connectivity index (χ4n) is 3.62. The van der Waals surface area contributed by atoms with Gasteiger partial charge in [-0.15, -0.1) is 0 Å². The molecule has 0 fully saturated rings. The molecular formula is C23H29N5O5. The van der Waals surface area contributed by atoms with E-state index in [4.69, 9.17) is 15.2 Å². The number of nitrogens with two attached hydrogens (primary N) is 1. The molecule has 0 aliphatic rings. The predicted molar refractivity (Wildman–Crippen MR) is 127 cm³/mol. The lowest BCUT2D eigenvalue weighted by Crippen LogP contribution is -2.43. The minimum Gasteiger partial charge on any atom is -0.497 e. The Morgan fingerprint density at radius 2 is 1.97 bits per heavy atom. The highest BCUT2D eigenvalue weighted by Gasteiger charge is 2.27. The second-order valence-electron chi connectivity index (χ2n) is 8.13. The average Bonchev–Trinajstić information content (AvgIpc) is 2.77. The summed E-state index contributed by atoms with van der Waals surface area (Å²) in [5.41, 5.74) is 6.30. The predicted octanol–water partition coefficient (Wildman–Crippen LogP) is 1.93. The van der Waals surface area contributed by atoms with E-state index in [-0.39, 0.29) is 37.1 Å². The van der Waals surface area contributed by atoms with Gasteiger partial charge in [-0.3, -0.25) is 29.0 Å². The Bertz CT molecular complexity index is 1290. The topological polar surface area (TPSA) is 133 Å². The number of aryl methyl sites for hydroxylation is 1. The number of pyridine rings is 1. The number of ether oxygens (including phenoxy) is 2. The Morgan fingerprint density at radius 1 is 1.24 bits per heavy atom. The highest BCUT2D eigenvalue weighted by Crippen LogP contribution is 2.25. The summed E-state index contributed by atoms with van der Waals surface area (Å²) in [6, 6.07) is 7.08. The molecule has 0 unspecified atom stereocenters. The van der Waals surface area contributed by atoms with Crippen molar-refractivity contribution in [1.29, 1.82) is 0 Å². The number of anilines is 2. The fourth-order valence-corrected chi connectivity index (χ4v) is 3.62. The van der Waals surface area contributed by atoms with E-state index < -0.39 is 17.2 Å². The van der Waals surface area contributed by atoms with Gasteiger partial charge in [0.1, 0.15) is 11.6 Å². The summed E-state index contributed by atoms with van der Waals surface area (Å²) in [5.74, 6) is 0.168. The first-order chi connectivity index (χ1) is 15.7. The van der Waals surface area contributed by atoms with Crippen LogP contribution in [0.4, 0.5) is 11.5 Å². The number of nitrogens with one attached hydrogen (secondary N) is 1. The summed E-state index contributed by atoms with van der Waals surface area (Å²) in [6.45, 7) is 6.06. The molecule has 33 heavy (non-hydrogen) atoms. The van der Waals surface area contributed by atoms with Crippen molar-refractivity contribution >= 4 is 28.3 Å². The molecule has 0 bridgehead atoms. The van der Waals surface area contributed by atoms with Crippen LogP contribution in [0.1, 0.15) is 29.9 Å². The third-order valence-electron chi connectivity index (χ3n) is 5.24. The maximum Gasteiger partial charge on any atom is 0.330 e. The van der Waals surface area contributed by atoms with E-state index in [1.807, 2.05) is 19.9 Å². The average molecular weight is 456 g/mol. The van der Waals surface area contributed by atoms with Crippen molar-refractivity contribution in [3.8, 4) is 5.75 Å². The maximum absolute atomic E-state index is 13.7. The molecule has 176 valence electrons. The zero-order valence-electron chi connectivity index (χ0n) is 19.5. The van der Waals surface area contributed by atoms with Crippen LogP contribution >= 0.6 is 0 Å².